The van der Waals surface area contributed by atoms with Crippen molar-refractivity contribution >= 4 is 43.8 Å². The second kappa shape index (κ2) is 10.2. The zero-order valence-corrected chi connectivity index (χ0v) is 20.3. The summed E-state index contributed by atoms with van der Waals surface area (Å²) in [6, 6.07) is 5.93. The van der Waals surface area contributed by atoms with Crippen LogP contribution in [0.25, 0.3) is 11.2 Å². The summed E-state index contributed by atoms with van der Waals surface area (Å²) in [4.78, 5) is 39.7. The van der Waals surface area contributed by atoms with Crippen LogP contribution in [0.4, 0.5) is 14.6 Å². The van der Waals surface area contributed by atoms with Crippen molar-refractivity contribution in [2.24, 2.45) is 0 Å². The fourth-order valence-electron chi connectivity index (χ4n) is 3.56. The maximum atomic E-state index is 14.8. The second-order valence-electron chi connectivity index (χ2n) is 7.79. The number of hydrogen-bond acceptors (Lipinski definition) is 8. The Hall–Kier alpha value is -2.02. The van der Waals surface area contributed by atoms with E-state index < -0.39 is 52.0 Å². The SMILES string of the molecule is O=P(O)(O)CP(=O)(O)OC[C@@H]1C[C@H](F)[C@H](n2cnc3c(NCc4cccc(F)c4)nc(Cl)nc32)O1. The van der Waals surface area contributed by atoms with Gasteiger partial charge in [-0.25, -0.2) is 13.8 Å². The lowest BCUT2D eigenvalue weighted by Gasteiger charge is -2.18. The van der Waals surface area contributed by atoms with Gasteiger partial charge in [0.15, 0.2) is 29.1 Å². The number of fused-ring (bicyclic) bond motifs is 1. The Labute approximate surface area is 202 Å². The Bertz CT molecular complexity index is 1330. The summed E-state index contributed by atoms with van der Waals surface area (Å²) in [6.45, 7) is -0.360. The van der Waals surface area contributed by atoms with Gasteiger partial charge in [-0.1, -0.05) is 12.1 Å². The van der Waals surface area contributed by atoms with E-state index in [0.29, 0.717) is 5.56 Å². The molecule has 0 saturated carbocycles. The first-order chi connectivity index (χ1) is 16.4. The number of nitrogens with one attached hydrogen (secondary N) is 1. The molecule has 3 heterocycles. The molecule has 190 valence electrons. The molecule has 4 N–H and O–H groups in total. The van der Waals surface area contributed by atoms with Gasteiger partial charge in [0.2, 0.25) is 5.28 Å². The third-order valence-electron chi connectivity index (χ3n) is 4.97. The van der Waals surface area contributed by atoms with Crippen molar-refractivity contribution in [2.75, 3.05) is 17.8 Å². The summed E-state index contributed by atoms with van der Waals surface area (Å²) in [5, 5.41) is 2.84. The van der Waals surface area contributed by atoms with Gasteiger partial charge < -0.3 is 29.3 Å². The van der Waals surface area contributed by atoms with E-state index in [1.807, 2.05) is 0 Å². The molecule has 1 aliphatic rings. The summed E-state index contributed by atoms with van der Waals surface area (Å²) in [6.07, 6.45) is -2.74. The molecule has 0 bridgehead atoms. The Kier molecular flexibility index (Phi) is 7.56. The van der Waals surface area contributed by atoms with Crippen molar-refractivity contribution in [3.8, 4) is 0 Å². The molecule has 0 spiro atoms. The molecule has 35 heavy (non-hydrogen) atoms. The van der Waals surface area contributed by atoms with Crippen molar-refractivity contribution < 1.29 is 41.9 Å². The Morgan fingerprint density at radius 3 is 2.77 bits per heavy atom. The number of rotatable bonds is 9. The summed E-state index contributed by atoms with van der Waals surface area (Å²) in [7, 11) is -9.40. The predicted octanol–water partition coefficient (Wildman–Crippen LogP) is 3.19. The van der Waals surface area contributed by atoms with Crippen LogP contribution in [0.15, 0.2) is 30.6 Å². The Morgan fingerprint density at radius 2 is 2.06 bits per heavy atom. The quantitative estimate of drug-likeness (QED) is 0.227. The van der Waals surface area contributed by atoms with Crippen LogP contribution in [0.5, 0.6) is 0 Å². The second-order valence-corrected chi connectivity index (χ2v) is 12.1. The predicted molar refractivity (Wildman–Crippen MR) is 120 cm³/mol. The highest BCUT2D eigenvalue weighted by molar-refractivity contribution is 7.70. The first kappa shape index (κ1) is 26.1. The van der Waals surface area contributed by atoms with Gasteiger partial charge in [-0.15, -0.1) is 0 Å². The van der Waals surface area contributed by atoms with Gasteiger partial charge >= 0.3 is 15.2 Å². The molecule has 0 radical (unpaired) electrons. The molecule has 1 aromatic carbocycles. The van der Waals surface area contributed by atoms with E-state index in [0.717, 1.165) is 0 Å². The number of anilines is 1. The van der Waals surface area contributed by atoms with Gasteiger partial charge in [0.25, 0.3) is 0 Å². The van der Waals surface area contributed by atoms with Gasteiger partial charge in [0.05, 0.1) is 19.0 Å². The maximum Gasteiger partial charge on any atom is 0.340 e. The van der Waals surface area contributed by atoms with Gasteiger partial charge in [0, 0.05) is 13.0 Å². The molecule has 3 aromatic rings. The maximum absolute atomic E-state index is 14.8. The topological polar surface area (TPSA) is 169 Å². The molecular formula is C18H20ClF2N5O7P2. The van der Waals surface area contributed by atoms with E-state index in [1.165, 1.54) is 23.0 Å². The summed E-state index contributed by atoms with van der Waals surface area (Å²) < 4.78 is 62.7. The van der Waals surface area contributed by atoms with Crippen molar-refractivity contribution in [3.05, 3.63) is 47.3 Å². The van der Waals surface area contributed by atoms with Crippen molar-refractivity contribution in [1.82, 2.24) is 19.5 Å². The third-order valence-corrected chi connectivity index (χ3v) is 8.60. The highest BCUT2D eigenvalue weighted by Crippen LogP contribution is 2.55. The van der Waals surface area contributed by atoms with E-state index in [9.17, 15) is 22.8 Å². The molecule has 1 unspecified atom stereocenters. The van der Waals surface area contributed by atoms with E-state index in [2.05, 4.69) is 20.3 Å². The first-order valence-corrected chi connectivity index (χ1v) is 14.0. The van der Waals surface area contributed by atoms with Crippen LogP contribution in [-0.2, 0) is 24.9 Å². The standard InChI is InChI=1S/C18H20ClF2N5O7P2/c19-18-24-15(22-6-10-2-1-3-11(20)4-10)14-16(25-18)26(8-23-14)17-13(21)5-12(33-17)7-32-35(30,31)9-34(27,28)29/h1-4,8,12-13,17H,5-7,9H2,(H,30,31)(H,22,24,25)(H2,27,28,29)/t12-,13-,17+/m0/s1. The molecule has 0 amide bonds. The molecule has 0 aliphatic carbocycles. The summed E-state index contributed by atoms with van der Waals surface area (Å²) in [5.74, 6) is -1.53. The van der Waals surface area contributed by atoms with Gasteiger partial charge in [-0.2, -0.15) is 9.97 Å². The smallest absolute Gasteiger partial charge is 0.340 e. The largest absolute Gasteiger partial charge is 0.364 e. The van der Waals surface area contributed by atoms with E-state index in [1.54, 1.807) is 12.1 Å². The highest BCUT2D eigenvalue weighted by Gasteiger charge is 2.40. The minimum atomic E-state index is -4.79. The molecule has 17 heteroatoms. The number of nitrogens with zero attached hydrogens (tertiary/aromatic N) is 4. The lowest BCUT2D eigenvalue weighted by atomic mass is 10.2. The zero-order chi connectivity index (χ0) is 25.4. The van der Waals surface area contributed by atoms with Gasteiger partial charge in [0.1, 0.15) is 12.0 Å². The van der Waals surface area contributed by atoms with Crippen molar-refractivity contribution in [1.29, 1.82) is 0 Å². The molecule has 1 aliphatic heterocycles. The number of ether oxygens (including phenoxy) is 1. The molecule has 1 saturated heterocycles. The van der Waals surface area contributed by atoms with E-state index in [-0.39, 0.29) is 35.2 Å². The number of halogens is 3. The van der Waals surface area contributed by atoms with Crippen LogP contribution in [-0.4, -0.2) is 59.0 Å². The Balaban J connectivity index is 1.49. The lowest BCUT2D eigenvalue weighted by Crippen LogP contribution is -2.17. The van der Waals surface area contributed by atoms with Crippen molar-refractivity contribution in [3.63, 3.8) is 0 Å². The molecule has 1 fully saturated rings. The monoisotopic (exact) mass is 553 g/mol. The zero-order valence-electron chi connectivity index (χ0n) is 17.7. The molecule has 4 atom stereocenters. The van der Waals surface area contributed by atoms with Gasteiger partial charge in [-0.05, 0) is 29.3 Å². The lowest BCUT2D eigenvalue weighted by molar-refractivity contribution is -0.0324. The first-order valence-electron chi connectivity index (χ1n) is 10.1. The van der Waals surface area contributed by atoms with Crippen LogP contribution in [0.2, 0.25) is 5.28 Å². The summed E-state index contributed by atoms with van der Waals surface area (Å²) in [5.41, 5.74) is 1.04. The highest BCUT2D eigenvalue weighted by atomic mass is 35.5. The summed E-state index contributed by atoms with van der Waals surface area (Å²) >= 11 is 6.04. The number of hydrogen-bond donors (Lipinski definition) is 4. The van der Waals surface area contributed by atoms with Crippen LogP contribution >= 0.6 is 26.8 Å². The van der Waals surface area contributed by atoms with Crippen LogP contribution in [0.1, 0.15) is 18.2 Å². The number of benzene rings is 1. The average Bonchev–Trinajstić information content (AvgIpc) is 3.32. The van der Waals surface area contributed by atoms with Crippen LogP contribution in [0.3, 0.4) is 0 Å². The van der Waals surface area contributed by atoms with Crippen LogP contribution < -0.4 is 5.32 Å². The molecule has 4 rings (SSSR count). The minimum absolute atomic E-state index is 0.148. The number of imidazole rings is 1. The minimum Gasteiger partial charge on any atom is -0.364 e. The molecule has 2 aromatic heterocycles. The normalized spacial score (nSPS) is 22.4. The fourth-order valence-corrected chi connectivity index (χ4v) is 6.31. The molecular weight excluding hydrogens is 534 g/mol. The van der Waals surface area contributed by atoms with E-state index in [4.69, 9.17) is 30.6 Å². The average molecular weight is 554 g/mol. The number of alkyl halides is 1. The van der Waals surface area contributed by atoms with Gasteiger partial charge in [-0.3, -0.25) is 13.7 Å². The van der Waals surface area contributed by atoms with Crippen LogP contribution in [0, 0.1) is 5.82 Å². The molecule has 12 nitrogen and oxygen atoms in total. The Morgan fingerprint density at radius 1 is 1.29 bits per heavy atom. The third kappa shape index (κ3) is 6.60. The van der Waals surface area contributed by atoms with E-state index >= 15 is 0 Å². The van der Waals surface area contributed by atoms with Crippen molar-refractivity contribution in [2.45, 2.75) is 31.5 Å². The number of aromatic nitrogens is 4. The fraction of sp³-hybridized carbons (Fsp3) is 0.389.